The van der Waals surface area contributed by atoms with E-state index in [1.807, 2.05) is 0 Å². The van der Waals surface area contributed by atoms with E-state index in [1.165, 1.54) is 32.4 Å². The summed E-state index contributed by atoms with van der Waals surface area (Å²) in [4.78, 5) is 2.68. The lowest BCUT2D eigenvalue weighted by Crippen LogP contribution is -2.43. The molecule has 0 amide bonds. The molecule has 3 atom stereocenters. The molecule has 3 rings (SSSR count). The topological polar surface area (TPSA) is 24.5 Å². The second kappa shape index (κ2) is 4.04. The molecule has 2 saturated heterocycles. The summed E-state index contributed by atoms with van der Waals surface area (Å²) in [6.07, 6.45) is 4.07. The summed E-state index contributed by atoms with van der Waals surface area (Å²) in [5.74, 6) is 0.811. The van der Waals surface area contributed by atoms with Crippen molar-refractivity contribution in [2.45, 2.75) is 44.3 Å². The van der Waals surface area contributed by atoms with Crippen molar-refractivity contribution < 1.29 is 4.74 Å². The molecule has 1 saturated carbocycles. The number of hydrogen-bond acceptors (Lipinski definition) is 3. The van der Waals surface area contributed by atoms with Gasteiger partial charge in [-0.15, -0.1) is 0 Å². The summed E-state index contributed by atoms with van der Waals surface area (Å²) in [5.41, 5.74) is 0. The molecule has 3 nitrogen and oxygen atoms in total. The van der Waals surface area contributed by atoms with Crippen molar-refractivity contribution >= 4 is 0 Å². The van der Waals surface area contributed by atoms with Gasteiger partial charge in [-0.2, -0.15) is 0 Å². The molecule has 0 aromatic heterocycles. The fourth-order valence-corrected chi connectivity index (χ4v) is 2.93. The third-order valence-corrected chi connectivity index (χ3v) is 4.08. The average Bonchev–Trinajstić information content (AvgIpc) is 2.84. The molecule has 0 aromatic rings. The largest absolute Gasteiger partial charge is 0.380 e. The van der Waals surface area contributed by atoms with Crippen LogP contribution in [-0.2, 0) is 4.74 Å². The van der Waals surface area contributed by atoms with E-state index in [0.717, 1.165) is 25.2 Å². The van der Waals surface area contributed by atoms with Crippen molar-refractivity contribution in [3.63, 3.8) is 0 Å². The third kappa shape index (κ3) is 2.19. The predicted molar refractivity (Wildman–Crippen MR) is 59.9 cm³/mol. The zero-order valence-corrected chi connectivity index (χ0v) is 9.61. The van der Waals surface area contributed by atoms with Crippen LogP contribution >= 0.6 is 0 Å². The number of likely N-dealkylation sites (tertiary alicyclic amines) is 1. The molecule has 3 unspecified atom stereocenters. The minimum atomic E-state index is 0.622. The monoisotopic (exact) mass is 210 g/mol. The Kier molecular flexibility index (Phi) is 2.71. The van der Waals surface area contributed by atoms with Crippen molar-refractivity contribution in [1.82, 2.24) is 10.2 Å². The van der Waals surface area contributed by atoms with Gasteiger partial charge in [0.15, 0.2) is 0 Å². The van der Waals surface area contributed by atoms with E-state index in [9.17, 15) is 0 Å². The molecule has 0 aromatic carbocycles. The van der Waals surface area contributed by atoms with Crippen molar-refractivity contribution in [2.24, 2.45) is 5.92 Å². The SMILES string of the molecule is CC1CN(C2CC2)CC1NC1CCOC1. The van der Waals surface area contributed by atoms with Gasteiger partial charge in [0.1, 0.15) is 0 Å². The van der Waals surface area contributed by atoms with Gasteiger partial charge in [0.25, 0.3) is 0 Å². The molecule has 2 aliphatic heterocycles. The number of hydrogen-bond donors (Lipinski definition) is 1. The van der Waals surface area contributed by atoms with Gasteiger partial charge < -0.3 is 10.1 Å². The minimum absolute atomic E-state index is 0.622. The van der Waals surface area contributed by atoms with Gasteiger partial charge in [0.05, 0.1) is 6.61 Å². The van der Waals surface area contributed by atoms with Gasteiger partial charge in [-0.05, 0) is 25.2 Å². The Morgan fingerprint density at radius 3 is 2.73 bits per heavy atom. The van der Waals surface area contributed by atoms with Crippen LogP contribution in [0.1, 0.15) is 26.2 Å². The molecule has 1 N–H and O–H groups in total. The van der Waals surface area contributed by atoms with Crippen LogP contribution in [0.4, 0.5) is 0 Å². The predicted octanol–water partition coefficient (Wildman–Crippen LogP) is 0.848. The second-order valence-corrected chi connectivity index (χ2v) is 5.50. The molecule has 15 heavy (non-hydrogen) atoms. The number of rotatable bonds is 3. The molecule has 3 fully saturated rings. The summed E-state index contributed by atoms with van der Waals surface area (Å²) in [5, 5.41) is 3.77. The maximum Gasteiger partial charge on any atom is 0.0620 e. The second-order valence-electron chi connectivity index (χ2n) is 5.50. The van der Waals surface area contributed by atoms with E-state index in [0.29, 0.717) is 12.1 Å². The molecular weight excluding hydrogens is 188 g/mol. The summed E-state index contributed by atoms with van der Waals surface area (Å²) < 4.78 is 5.41. The Labute approximate surface area is 92.2 Å². The summed E-state index contributed by atoms with van der Waals surface area (Å²) in [7, 11) is 0. The Balaban J connectivity index is 1.52. The van der Waals surface area contributed by atoms with Crippen molar-refractivity contribution in [3.05, 3.63) is 0 Å². The highest BCUT2D eigenvalue weighted by molar-refractivity contribution is 4.96. The fraction of sp³-hybridized carbons (Fsp3) is 1.00. The first-order valence-corrected chi connectivity index (χ1v) is 6.41. The van der Waals surface area contributed by atoms with Crippen LogP contribution in [0.3, 0.4) is 0 Å². The third-order valence-electron chi connectivity index (χ3n) is 4.08. The molecule has 3 aliphatic rings. The Morgan fingerprint density at radius 2 is 2.07 bits per heavy atom. The minimum Gasteiger partial charge on any atom is -0.380 e. The summed E-state index contributed by atoms with van der Waals surface area (Å²) in [6.45, 7) is 6.83. The average molecular weight is 210 g/mol. The maximum atomic E-state index is 5.41. The lowest BCUT2D eigenvalue weighted by Gasteiger charge is -2.20. The van der Waals surface area contributed by atoms with Gasteiger partial charge in [-0.1, -0.05) is 6.92 Å². The van der Waals surface area contributed by atoms with E-state index in [1.54, 1.807) is 0 Å². The van der Waals surface area contributed by atoms with Gasteiger partial charge >= 0.3 is 0 Å². The van der Waals surface area contributed by atoms with Gasteiger partial charge in [0, 0.05) is 37.8 Å². The quantitative estimate of drug-likeness (QED) is 0.747. The van der Waals surface area contributed by atoms with Crippen LogP contribution in [0.2, 0.25) is 0 Å². The van der Waals surface area contributed by atoms with E-state index in [4.69, 9.17) is 4.74 Å². The van der Waals surface area contributed by atoms with Crippen LogP contribution < -0.4 is 5.32 Å². The van der Waals surface area contributed by atoms with E-state index >= 15 is 0 Å². The lowest BCUT2D eigenvalue weighted by molar-refractivity contribution is 0.186. The highest BCUT2D eigenvalue weighted by Crippen LogP contribution is 2.32. The molecular formula is C12H22N2O. The normalized spacial score (nSPS) is 42.6. The maximum absolute atomic E-state index is 5.41. The van der Waals surface area contributed by atoms with Crippen LogP contribution in [0.25, 0.3) is 0 Å². The number of nitrogens with one attached hydrogen (secondary N) is 1. The number of ether oxygens (including phenoxy) is 1. The first-order valence-electron chi connectivity index (χ1n) is 6.41. The van der Waals surface area contributed by atoms with Crippen LogP contribution in [0, 0.1) is 5.92 Å². The highest BCUT2D eigenvalue weighted by Gasteiger charge is 2.38. The van der Waals surface area contributed by atoms with Crippen LogP contribution in [0.15, 0.2) is 0 Å². The molecule has 2 heterocycles. The molecule has 0 bridgehead atoms. The summed E-state index contributed by atoms with van der Waals surface area (Å²) >= 11 is 0. The lowest BCUT2D eigenvalue weighted by atomic mass is 10.1. The van der Waals surface area contributed by atoms with Gasteiger partial charge in [-0.25, -0.2) is 0 Å². The molecule has 3 heteroatoms. The van der Waals surface area contributed by atoms with E-state index in [2.05, 4.69) is 17.1 Å². The van der Waals surface area contributed by atoms with Crippen molar-refractivity contribution in [2.75, 3.05) is 26.3 Å². The Hall–Kier alpha value is -0.120. The van der Waals surface area contributed by atoms with Crippen LogP contribution in [-0.4, -0.2) is 49.3 Å². The Bertz CT molecular complexity index is 224. The van der Waals surface area contributed by atoms with E-state index < -0.39 is 0 Å². The highest BCUT2D eigenvalue weighted by atomic mass is 16.5. The van der Waals surface area contributed by atoms with Crippen molar-refractivity contribution in [3.8, 4) is 0 Å². The smallest absolute Gasteiger partial charge is 0.0620 e. The zero-order chi connectivity index (χ0) is 10.3. The molecule has 1 aliphatic carbocycles. The molecule has 86 valence electrons. The van der Waals surface area contributed by atoms with Gasteiger partial charge in [-0.3, -0.25) is 4.90 Å². The van der Waals surface area contributed by atoms with Crippen molar-refractivity contribution in [1.29, 1.82) is 0 Å². The first-order chi connectivity index (χ1) is 7.33. The van der Waals surface area contributed by atoms with Gasteiger partial charge in [0.2, 0.25) is 0 Å². The molecule has 0 spiro atoms. The standard InChI is InChI=1S/C12H22N2O/c1-9-6-14(11-2-3-11)7-12(9)13-10-4-5-15-8-10/h9-13H,2-8H2,1H3. The number of nitrogens with zero attached hydrogens (tertiary/aromatic N) is 1. The van der Waals surface area contributed by atoms with Crippen LogP contribution in [0.5, 0.6) is 0 Å². The zero-order valence-electron chi connectivity index (χ0n) is 9.61. The fourth-order valence-electron chi connectivity index (χ4n) is 2.93. The Morgan fingerprint density at radius 1 is 1.20 bits per heavy atom. The molecule has 0 radical (unpaired) electrons. The van der Waals surface area contributed by atoms with E-state index in [-0.39, 0.29) is 0 Å². The summed E-state index contributed by atoms with van der Waals surface area (Å²) in [6, 6.07) is 2.26. The first kappa shape index (κ1) is 10.1.